The second kappa shape index (κ2) is 38.7. The van der Waals surface area contributed by atoms with Gasteiger partial charge in [0.1, 0.15) is 63.3 Å². The average molecular weight is 2080 g/mol. The van der Waals surface area contributed by atoms with E-state index in [1.807, 2.05) is 49.4 Å². The molecule has 37 heteroatoms. The number of pyridine rings is 9. The summed E-state index contributed by atoms with van der Waals surface area (Å²) in [6, 6.07) is 33.0. The smallest absolute Gasteiger partial charge is 0.284 e. The van der Waals surface area contributed by atoms with Crippen LogP contribution in [-0.4, -0.2) is 71.0 Å². The molecule has 23 nitrogen and oxygen atoms in total. The molecule has 0 amide bonds. The first-order chi connectivity index (χ1) is 40.4. The lowest BCUT2D eigenvalue weighted by Crippen LogP contribution is -2.29. The maximum atomic E-state index is 10.9. The lowest BCUT2D eigenvalue weighted by Gasteiger charge is -2.07. The van der Waals surface area contributed by atoms with Gasteiger partial charge in [-0.15, -0.1) is 0 Å². The van der Waals surface area contributed by atoms with Crippen LogP contribution in [0.2, 0.25) is 0 Å². The van der Waals surface area contributed by atoms with Gasteiger partial charge in [0.15, 0.2) is 0 Å². The van der Waals surface area contributed by atoms with Crippen molar-refractivity contribution in [3.8, 4) is 40.0 Å². The van der Waals surface area contributed by atoms with E-state index in [1.54, 1.807) is 63.8 Å². The minimum absolute atomic E-state index is 0.0127. The van der Waals surface area contributed by atoms with E-state index in [0.717, 1.165) is 46.6 Å². The standard InChI is InChI=1S/C12H10Br2N2O2.C11H7Br2N3O2.C6H5Br2NO.C5H2Br2N2O3.C5H2Br2N2O2.C5H3Br2NO.C5H3Br2N/c1-17-7-3-9(15-11(13)5-7)10-4-8(18-2)6-12(14)16-10;1-6-2-8(14-10(12)3-6)9-4-7(16(17)18)5-11(13)15-9;1-10-4-2-5(7)9-6(8)3-4;6-4-1-3(9(11)12)2-5(7)8(4)10;6-4-1-3(9(10)11)2-5(7)8-4;6-4-2-1-3-5(7)8(4)9;6-4-2-1-3-5(7)8-4/h3-6H,1-2H3;2-5H,1H3;2-3H,1H3;1-2H;1-2H;1-3H;1-3H. The molecule has 9 rings (SSSR count). The number of hydrogen-bond donors (Lipinski definition) is 0. The van der Waals surface area contributed by atoms with E-state index in [2.05, 4.69) is 258 Å². The molecule has 9 aromatic rings. The molecular weight excluding hydrogens is 2050 g/mol. The lowest BCUT2D eigenvalue weighted by molar-refractivity contribution is -0.629. The molecule has 0 radical (unpaired) electrons. The lowest BCUT2D eigenvalue weighted by atomic mass is 10.2. The first kappa shape index (κ1) is 76.5. The van der Waals surface area contributed by atoms with Crippen molar-refractivity contribution < 1.29 is 38.4 Å². The SMILES string of the molecule is Brc1cccc(Br)n1.COc1cc(Br)nc(-c2cc(OC)cc(Br)n2)c1.COc1cc(Br)nc(Br)c1.Cc1cc(Br)nc(-c2cc([N+](=O)[O-])cc(Br)n2)c1.O=[N+]([O-])c1cc(Br)[n+]([O-])c(Br)c1.O=[N+]([O-])c1cc(Br)nc(Br)c1.[O-][n+]1c(Br)cccc1Br. The van der Waals surface area contributed by atoms with Gasteiger partial charge in [-0.2, -0.15) is 9.46 Å². The summed E-state index contributed by atoms with van der Waals surface area (Å²) in [5.41, 5.74) is 3.32. The van der Waals surface area contributed by atoms with Crippen molar-refractivity contribution in [1.82, 2.24) is 34.9 Å². The van der Waals surface area contributed by atoms with Crippen LogP contribution >= 0.6 is 223 Å². The van der Waals surface area contributed by atoms with Gasteiger partial charge in [-0.3, -0.25) is 30.3 Å². The fourth-order valence-electron chi connectivity index (χ4n) is 5.48. The molecule has 0 atom stereocenters. The van der Waals surface area contributed by atoms with Crippen molar-refractivity contribution in [2.24, 2.45) is 0 Å². The molecular formula is C49H32Br14N12O11. The summed E-state index contributed by atoms with van der Waals surface area (Å²) in [4.78, 5) is 58.9. The van der Waals surface area contributed by atoms with E-state index in [9.17, 15) is 40.8 Å². The molecule has 0 aliphatic carbocycles. The predicted molar refractivity (Wildman–Crippen MR) is 371 cm³/mol. The predicted octanol–water partition coefficient (Wildman–Crippen LogP) is 18.9. The first-order valence-electron chi connectivity index (χ1n) is 22.2. The Labute approximate surface area is 606 Å². The van der Waals surface area contributed by atoms with Crippen LogP contribution < -0.4 is 23.7 Å². The molecule has 452 valence electrons. The topological polar surface area (TPSA) is 301 Å². The number of ether oxygens (including phenoxy) is 3. The zero-order chi connectivity index (χ0) is 64.5. The Balaban J connectivity index is 0.000000268. The van der Waals surface area contributed by atoms with Crippen LogP contribution in [0.1, 0.15) is 5.56 Å². The molecule has 0 aliphatic heterocycles. The molecule has 0 N–H and O–H groups in total. The van der Waals surface area contributed by atoms with Crippen molar-refractivity contribution in [3.63, 3.8) is 0 Å². The van der Waals surface area contributed by atoms with Crippen molar-refractivity contribution in [2.45, 2.75) is 6.92 Å². The molecule has 0 bridgehead atoms. The number of rotatable bonds is 8. The quantitative estimate of drug-likeness (QED) is 0.0449. The monoisotopic (exact) mass is 2070 g/mol. The summed E-state index contributed by atoms with van der Waals surface area (Å²) in [7, 11) is 4.84. The highest BCUT2D eigenvalue weighted by molar-refractivity contribution is 9.12. The van der Waals surface area contributed by atoms with E-state index < -0.39 is 14.8 Å². The van der Waals surface area contributed by atoms with E-state index in [0.29, 0.717) is 75.8 Å². The van der Waals surface area contributed by atoms with Crippen LogP contribution in [0.25, 0.3) is 22.8 Å². The molecule has 0 aliphatic rings. The van der Waals surface area contributed by atoms with Crippen LogP contribution in [0.5, 0.6) is 17.2 Å². The maximum Gasteiger partial charge on any atom is 0.284 e. The summed E-state index contributed by atoms with van der Waals surface area (Å²) >= 11 is 44.0. The highest BCUT2D eigenvalue weighted by Gasteiger charge is 2.17. The second-order valence-electron chi connectivity index (χ2n) is 15.1. The highest BCUT2D eigenvalue weighted by atomic mass is 79.9. The number of nitro groups is 3. The molecule has 9 aromatic heterocycles. The van der Waals surface area contributed by atoms with Crippen LogP contribution in [0, 0.1) is 47.7 Å². The number of nitrogens with zero attached hydrogens (tertiary/aromatic N) is 12. The molecule has 0 fully saturated rings. The van der Waals surface area contributed by atoms with E-state index >= 15 is 0 Å². The molecule has 9 heterocycles. The third-order valence-corrected chi connectivity index (χ3v) is 15.5. The van der Waals surface area contributed by atoms with Gasteiger partial charge in [-0.25, -0.2) is 34.9 Å². The third kappa shape index (κ3) is 28.0. The maximum absolute atomic E-state index is 10.9. The number of halogens is 14. The molecule has 0 aromatic carbocycles. The zero-order valence-electron chi connectivity index (χ0n) is 43.2. The number of methoxy groups -OCH3 is 3. The average Bonchev–Trinajstić information content (AvgIpc) is 2.02. The number of hydrogen-bond acceptors (Lipinski definition) is 18. The summed E-state index contributed by atoms with van der Waals surface area (Å²) in [6.07, 6.45) is 0. The van der Waals surface area contributed by atoms with E-state index in [4.69, 9.17) is 14.2 Å². The molecule has 0 spiro atoms. The Morgan fingerprint density at radius 3 is 0.942 bits per heavy atom. The van der Waals surface area contributed by atoms with Crippen molar-refractivity contribution in [3.05, 3.63) is 232 Å². The van der Waals surface area contributed by atoms with Crippen LogP contribution in [0.15, 0.2) is 186 Å². The number of aromatic nitrogens is 9. The number of aryl methyl sites for hydroxylation is 1. The van der Waals surface area contributed by atoms with Crippen molar-refractivity contribution in [2.75, 3.05) is 21.3 Å². The van der Waals surface area contributed by atoms with Crippen molar-refractivity contribution in [1.29, 1.82) is 0 Å². The second-order valence-corrected chi connectivity index (χ2v) is 26.5. The van der Waals surface area contributed by atoms with Crippen LogP contribution in [0.3, 0.4) is 0 Å². The van der Waals surface area contributed by atoms with Gasteiger partial charge in [0, 0.05) is 137 Å². The molecule has 0 unspecified atom stereocenters. The molecule has 0 saturated carbocycles. The summed E-state index contributed by atoms with van der Waals surface area (Å²) in [5, 5.41) is 53.0. The highest BCUT2D eigenvalue weighted by Crippen LogP contribution is 2.30. The fraction of sp³-hybridized carbons (Fsp3) is 0.0816. The summed E-state index contributed by atoms with van der Waals surface area (Å²) in [5.74, 6) is 2.22. The Kier molecular flexibility index (Phi) is 34.5. The minimum Gasteiger partial charge on any atom is -0.617 e. The first-order valence-corrected chi connectivity index (χ1v) is 33.3. The van der Waals surface area contributed by atoms with Gasteiger partial charge in [-0.1, -0.05) is 6.07 Å². The normalized spacial score (nSPS) is 9.88. The van der Waals surface area contributed by atoms with E-state index in [-0.39, 0.29) is 26.3 Å². The Morgan fingerprint density at radius 2 is 0.605 bits per heavy atom. The van der Waals surface area contributed by atoms with Gasteiger partial charge in [-0.05, 0) is 202 Å². The summed E-state index contributed by atoms with van der Waals surface area (Å²) in [6.45, 7) is 1.92. The van der Waals surface area contributed by atoms with Crippen LogP contribution in [-0.2, 0) is 0 Å². The Hall–Kier alpha value is -3.73. The minimum atomic E-state index is -0.574. The molecule has 86 heavy (non-hydrogen) atoms. The van der Waals surface area contributed by atoms with Crippen molar-refractivity contribution >= 4 is 240 Å². The van der Waals surface area contributed by atoms with E-state index in [1.165, 1.54) is 24.3 Å². The van der Waals surface area contributed by atoms with Gasteiger partial charge in [0.2, 0.25) is 0 Å². The van der Waals surface area contributed by atoms with Gasteiger partial charge in [0.25, 0.3) is 35.5 Å². The van der Waals surface area contributed by atoms with Gasteiger partial charge >= 0.3 is 0 Å². The Morgan fingerprint density at radius 1 is 0.337 bits per heavy atom. The van der Waals surface area contributed by atoms with Gasteiger partial charge < -0.3 is 24.6 Å². The largest absolute Gasteiger partial charge is 0.617 e. The third-order valence-electron chi connectivity index (χ3n) is 9.06. The molecule has 0 saturated heterocycles. The Bertz CT molecular complexity index is 3660. The zero-order valence-corrected chi connectivity index (χ0v) is 65.4. The van der Waals surface area contributed by atoms with Gasteiger partial charge in [0.05, 0.1) is 71.0 Å². The fourth-order valence-corrected chi connectivity index (χ4v) is 12.4. The summed E-state index contributed by atoms with van der Waals surface area (Å²) < 4.78 is 24.4. The van der Waals surface area contributed by atoms with Crippen LogP contribution in [0.4, 0.5) is 17.1 Å².